The molecule has 0 atom stereocenters. The summed E-state index contributed by atoms with van der Waals surface area (Å²) in [5.74, 6) is 0.576. The van der Waals surface area contributed by atoms with Crippen LogP contribution in [-0.2, 0) is 0 Å². The van der Waals surface area contributed by atoms with Gasteiger partial charge < -0.3 is 20.3 Å². The first-order chi connectivity index (χ1) is 13.0. The minimum Gasteiger partial charge on any atom is -0.487 e. The van der Waals surface area contributed by atoms with Crippen LogP contribution in [0.5, 0.6) is 5.75 Å². The zero-order valence-electron chi connectivity index (χ0n) is 15.3. The lowest BCUT2D eigenvalue weighted by Crippen LogP contribution is -2.57. The number of likely N-dealkylation sites (tertiary alicyclic amines) is 1. The maximum absolute atomic E-state index is 12.3. The quantitative estimate of drug-likeness (QED) is 0.821. The smallest absolute Gasteiger partial charge is 0.322 e. The lowest BCUT2D eigenvalue weighted by atomic mass is 10.1. The van der Waals surface area contributed by atoms with Crippen LogP contribution < -0.4 is 15.4 Å². The molecule has 1 saturated heterocycles. The number of carbonyl (C=O) groups is 2. The highest BCUT2D eigenvalue weighted by Crippen LogP contribution is 2.23. The first-order valence-corrected chi connectivity index (χ1v) is 9.21. The Morgan fingerprint density at radius 3 is 2.67 bits per heavy atom. The van der Waals surface area contributed by atoms with Gasteiger partial charge in [0.1, 0.15) is 11.9 Å². The van der Waals surface area contributed by atoms with Crippen molar-refractivity contribution >= 4 is 29.2 Å². The number of halogens is 1. The fourth-order valence-electron chi connectivity index (χ4n) is 2.79. The van der Waals surface area contributed by atoms with Crippen LogP contribution in [0.2, 0.25) is 5.02 Å². The standard InChI is InChI=1S/C20H22ClN3O3/c1-3-22-19(25)17-8-7-14(10-18(17)21)23-20(26)24-11-16(12-24)27-15-6-4-5-13(2)9-15/h4-10,16H,3,11-12H2,1-2H3,(H,22,25)(H,23,26). The fourth-order valence-corrected chi connectivity index (χ4v) is 3.06. The predicted octanol–water partition coefficient (Wildman–Crippen LogP) is 3.69. The third-order valence-corrected chi connectivity index (χ3v) is 4.54. The number of hydrogen-bond donors (Lipinski definition) is 2. The van der Waals surface area contributed by atoms with E-state index in [0.717, 1.165) is 11.3 Å². The Bertz CT molecular complexity index is 850. The summed E-state index contributed by atoms with van der Waals surface area (Å²) in [5.41, 5.74) is 2.06. The van der Waals surface area contributed by atoms with E-state index >= 15 is 0 Å². The van der Waals surface area contributed by atoms with E-state index in [1.165, 1.54) is 0 Å². The summed E-state index contributed by atoms with van der Waals surface area (Å²) in [6, 6.07) is 12.5. The molecule has 0 radical (unpaired) electrons. The van der Waals surface area contributed by atoms with Gasteiger partial charge in [-0.15, -0.1) is 0 Å². The molecule has 1 fully saturated rings. The second-order valence-corrected chi connectivity index (χ2v) is 6.85. The molecule has 2 aromatic rings. The average Bonchev–Trinajstić information content (AvgIpc) is 2.58. The third kappa shape index (κ3) is 4.71. The van der Waals surface area contributed by atoms with Crippen molar-refractivity contribution < 1.29 is 14.3 Å². The summed E-state index contributed by atoms with van der Waals surface area (Å²) in [7, 11) is 0. The van der Waals surface area contributed by atoms with Gasteiger partial charge in [-0.25, -0.2) is 4.79 Å². The number of anilines is 1. The van der Waals surface area contributed by atoms with Gasteiger partial charge in [0.15, 0.2) is 0 Å². The van der Waals surface area contributed by atoms with E-state index in [9.17, 15) is 9.59 Å². The molecule has 2 N–H and O–H groups in total. The van der Waals surface area contributed by atoms with Gasteiger partial charge in [-0.1, -0.05) is 23.7 Å². The second kappa shape index (κ2) is 8.31. The van der Waals surface area contributed by atoms with Crippen LogP contribution in [0.25, 0.3) is 0 Å². The number of ether oxygens (including phenoxy) is 1. The first-order valence-electron chi connectivity index (χ1n) is 8.83. The van der Waals surface area contributed by atoms with Gasteiger partial charge in [0.25, 0.3) is 5.91 Å². The zero-order valence-corrected chi connectivity index (χ0v) is 16.0. The van der Waals surface area contributed by atoms with E-state index in [4.69, 9.17) is 16.3 Å². The van der Waals surface area contributed by atoms with Crippen molar-refractivity contribution in [3.63, 3.8) is 0 Å². The van der Waals surface area contributed by atoms with Crippen LogP contribution in [0.4, 0.5) is 10.5 Å². The Labute approximate surface area is 163 Å². The van der Waals surface area contributed by atoms with Crippen molar-refractivity contribution in [1.29, 1.82) is 0 Å². The molecule has 3 rings (SSSR count). The summed E-state index contributed by atoms with van der Waals surface area (Å²) >= 11 is 6.15. The highest BCUT2D eigenvalue weighted by Gasteiger charge is 2.32. The largest absolute Gasteiger partial charge is 0.487 e. The number of amides is 3. The summed E-state index contributed by atoms with van der Waals surface area (Å²) in [5, 5.41) is 5.78. The zero-order chi connectivity index (χ0) is 19.4. The molecule has 0 saturated carbocycles. The molecular weight excluding hydrogens is 366 g/mol. The molecule has 1 heterocycles. The van der Waals surface area contributed by atoms with E-state index in [0.29, 0.717) is 35.9 Å². The van der Waals surface area contributed by atoms with Gasteiger partial charge in [-0.2, -0.15) is 0 Å². The third-order valence-electron chi connectivity index (χ3n) is 4.23. The second-order valence-electron chi connectivity index (χ2n) is 6.45. The summed E-state index contributed by atoms with van der Waals surface area (Å²) in [6.07, 6.45) is -0.0127. The maximum atomic E-state index is 12.3. The van der Waals surface area contributed by atoms with Crippen molar-refractivity contribution in [2.75, 3.05) is 25.0 Å². The number of urea groups is 1. The van der Waals surface area contributed by atoms with Gasteiger partial charge in [-0.05, 0) is 49.7 Å². The number of rotatable bonds is 5. The Morgan fingerprint density at radius 2 is 2.00 bits per heavy atom. The molecule has 0 unspecified atom stereocenters. The van der Waals surface area contributed by atoms with Crippen molar-refractivity contribution in [3.05, 3.63) is 58.6 Å². The van der Waals surface area contributed by atoms with Crippen LogP contribution in [0.15, 0.2) is 42.5 Å². The van der Waals surface area contributed by atoms with Crippen LogP contribution in [0.3, 0.4) is 0 Å². The minimum absolute atomic E-state index is 0.0127. The SMILES string of the molecule is CCNC(=O)c1ccc(NC(=O)N2CC(Oc3cccc(C)c3)C2)cc1Cl. The van der Waals surface area contributed by atoms with Crippen molar-refractivity contribution in [2.45, 2.75) is 20.0 Å². The number of hydrogen-bond acceptors (Lipinski definition) is 3. The molecule has 2 aromatic carbocycles. The van der Waals surface area contributed by atoms with Gasteiger partial charge in [0, 0.05) is 12.2 Å². The molecule has 0 bridgehead atoms. The van der Waals surface area contributed by atoms with Crippen LogP contribution >= 0.6 is 11.6 Å². The lowest BCUT2D eigenvalue weighted by Gasteiger charge is -2.38. The molecule has 6 nitrogen and oxygen atoms in total. The van der Waals surface area contributed by atoms with Gasteiger partial charge >= 0.3 is 6.03 Å². The van der Waals surface area contributed by atoms with E-state index in [-0.39, 0.29) is 18.0 Å². The highest BCUT2D eigenvalue weighted by molar-refractivity contribution is 6.34. The van der Waals surface area contributed by atoms with Crippen LogP contribution in [0.1, 0.15) is 22.8 Å². The monoisotopic (exact) mass is 387 g/mol. The molecule has 0 aromatic heterocycles. The summed E-state index contributed by atoms with van der Waals surface area (Å²) < 4.78 is 5.86. The number of nitrogens with zero attached hydrogens (tertiary/aromatic N) is 1. The van der Waals surface area contributed by atoms with Crippen molar-refractivity contribution in [1.82, 2.24) is 10.2 Å². The summed E-state index contributed by atoms with van der Waals surface area (Å²) in [6.45, 7) is 5.41. The molecule has 142 valence electrons. The normalized spacial score (nSPS) is 13.7. The summed E-state index contributed by atoms with van der Waals surface area (Å²) in [4.78, 5) is 25.8. The van der Waals surface area contributed by atoms with Crippen LogP contribution in [-0.4, -0.2) is 42.6 Å². The lowest BCUT2D eigenvalue weighted by molar-refractivity contribution is 0.0492. The van der Waals surface area contributed by atoms with Gasteiger partial charge in [-0.3, -0.25) is 4.79 Å². The van der Waals surface area contributed by atoms with E-state index in [2.05, 4.69) is 10.6 Å². The minimum atomic E-state index is -0.237. The number of aryl methyl sites for hydroxylation is 1. The molecular formula is C20H22ClN3O3. The van der Waals surface area contributed by atoms with E-state index in [1.807, 2.05) is 38.1 Å². The van der Waals surface area contributed by atoms with Crippen molar-refractivity contribution in [2.24, 2.45) is 0 Å². The number of nitrogens with one attached hydrogen (secondary N) is 2. The topological polar surface area (TPSA) is 70.7 Å². The molecule has 0 spiro atoms. The van der Waals surface area contributed by atoms with E-state index in [1.54, 1.807) is 23.1 Å². The van der Waals surface area contributed by atoms with E-state index < -0.39 is 0 Å². The molecule has 0 aliphatic carbocycles. The van der Waals surface area contributed by atoms with Crippen molar-refractivity contribution in [3.8, 4) is 5.75 Å². The Kier molecular flexibility index (Phi) is 5.86. The number of benzene rings is 2. The molecule has 1 aliphatic rings. The Morgan fingerprint density at radius 1 is 1.22 bits per heavy atom. The highest BCUT2D eigenvalue weighted by atomic mass is 35.5. The average molecular weight is 388 g/mol. The molecule has 7 heteroatoms. The number of carbonyl (C=O) groups excluding carboxylic acids is 2. The molecule has 1 aliphatic heterocycles. The fraction of sp³-hybridized carbons (Fsp3) is 0.300. The van der Waals surface area contributed by atoms with Gasteiger partial charge in [0.2, 0.25) is 0 Å². The predicted molar refractivity (Wildman–Crippen MR) is 106 cm³/mol. The Balaban J connectivity index is 1.51. The maximum Gasteiger partial charge on any atom is 0.322 e. The van der Waals surface area contributed by atoms with Crippen LogP contribution in [0, 0.1) is 6.92 Å². The molecule has 27 heavy (non-hydrogen) atoms. The first kappa shape index (κ1) is 19.0. The molecule has 3 amide bonds. The van der Waals surface area contributed by atoms with Gasteiger partial charge in [0.05, 0.1) is 23.7 Å². The Hall–Kier alpha value is -2.73.